The molecule has 3 atom stereocenters. The van der Waals surface area contributed by atoms with E-state index in [4.69, 9.17) is 13.6 Å². The van der Waals surface area contributed by atoms with E-state index in [0.717, 1.165) is 11.1 Å². The first kappa shape index (κ1) is 36.3. The van der Waals surface area contributed by atoms with Crippen LogP contribution in [0, 0.1) is 0 Å². The van der Waals surface area contributed by atoms with Gasteiger partial charge in [0, 0.05) is 43.2 Å². The van der Waals surface area contributed by atoms with E-state index in [1.807, 2.05) is 37.2 Å². The van der Waals surface area contributed by atoms with Crippen molar-refractivity contribution in [2.24, 2.45) is 0 Å². The molecule has 0 spiro atoms. The Hall–Kier alpha value is -2.56. The lowest BCUT2D eigenvalue weighted by molar-refractivity contribution is -0.0411. The van der Waals surface area contributed by atoms with Crippen LogP contribution in [0.25, 0.3) is 10.8 Å². The van der Waals surface area contributed by atoms with Gasteiger partial charge in [-0.05, 0) is 54.5 Å². The zero-order chi connectivity index (χ0) is 34.5. The van der Waals surface area contributed by atoms with Crippen LogP contribution in [0.4, 0.5) is 11.5 Å². The number of ether oxygens (including phenoxy) is 1. The highest BCUT2D eigenvalue weighted by atomic mass is 32.2. The van der Waals surface area contributed by atoms with Gasteiger partial charge in [0.1, 0.15) is 18.1 Å². The Bertz CT molecular complexity index is 1730. The van der Waals surface area contributed by atoms with Crippen LogP contribution in [0.2, 0.25) is 36.3 Å². The molecule has 4 rings (SSSR count). The van der Waals surface area contributed by atoms with Gasteiger partial charge in [-0.1, -0.05) is 65.8 Å². The molecule has 0 unspecified atom stereocenters. The van der Waals surface area contributed by atoms with Crippen molar-refractivity contribution in [1.82, 2.24) is 9.55 Å². The lowest BCUT2D eigenvalue weighted by Crippen LogP contribution is -2.48. The molecule has 1 N–H and O–H groups in total. The highest BCUT2D eigenvalue weighted by Crippen LogP contribution is 2.42. The minimum atomic E-state index is -4.05. The van der Waals surface area contributed by atoms with E-state index in [2.05, 4.69) is 77.4 Å². The van der Waals surface area contributed by atoms with Crippen LogP contribution in [-0.4, -0.2) is 67.5 Å². The maximum Gasteiger partial charge on any atom is 0.351 e. The van der Waals surface area contributed by atoms with Crippen molar-refractivity contribution in [3.05, 3.63) is 59.1 Å². The summed E-state index contributed by atoms with van der Waals surface area (Å²) in [6, 6.07) is 12.2. The normalized spacial score (nSPS) is 19.9. The van der Waals surface area contributed by atoms with Crippen molar-refractivity contribution in [2.75, 3.05) is 30.3 Å². The van der Waals surface area contributed by atoms with Gasteiger partial charge < -0.3 is 18.5 Å². The first-order valence-electron chi connectivity index (χ1n) is 15.8. The Morgan fingerprint density at radius 2 is 1.57 bits per heavy atom. The zero-order valence-electron chi connectivity index (χ0n) is 29.5. The fourth-order valence-electron chi connectivity index (χ4n) is 4.98. The first-order chi connectivity index (χ1) is 21.0. The number of benzene rings is 2. The summed E-state index contributed by atoms with van der Waals surface area (Å²) in [5.41, 5.74) is 0.283. The van der Waals surface area contributed by atoms with E-state index in [1.54, 1.807) is 18.2 Å². The van der Waals surface area contributed by atoms with Crippen LogP contribution in [0.1, 0.15) is 54.2 Å². The highest BCUT2D eigenvalue weighted by Gasteiger charge is 2.46. The van der Waals surface area contributed by atoms with Gasteiger partial charge in [-0.2, -0.15) is 4.98 Å². The van der Waals surface area contributed by atoms with Gasteiger partial charge in [0.05, 0.1) is 17.6 Å². The predicted octanol–water partition coefficient (Wildman–Crippen LogP) is 6.96. The molecule has 1 saturated heterocycles. The molecule has 0 bridgehead atoms. The quantitative estimate of drug-likeness (QED) is 0.228. The van der Waals surface area contributed by atoms with E-state index < -0.39 is 38.6 Å². The van der Waals surface area contributed by atoms with Gasteiger partial charge in [0.15, 0.2) is 16.6 Å². The monoisotopic (exact) mass is 688 g/mol. The van der Waals surface area contributed by atoms with E-state index in [1.165, 1.54) is 16.8 Å². The second-order valence-electron chi connectivity index (χ2n) is 15.5. The Morgan fingerprint density at radius 1 is 0.957 bits per heavy atom. The molecule has 0 radical (unpaired) electrons. The van der Waals surface area contributed by atoms with Crippen molar-refractivity contribution >= 4 is 48.9 Å². The summed E-state index contributed by atoms with van der Waals surface area (Å²) >= 11 is 0. The largest absolute Gasteiger partial charge is 0.414 e. The molecule has 1 fully saturated rings. The van der Waals surface area contributed by atoms with Crippen LogP contribution < -0.4 is 15.3 Å². The Kier molecular flexibility index (Phi) is 10.1. The minimum absolute atomic E-state index is 0.00870. The lowest BCUT2D eigenvalue weighted by atomic mass is 10.1. The molecule has 2 heterocycles. The molecule has 254 valence electrons. The number of fused-ring (bicyclic) bond motifs is 1. The summed E-state index contributed by atoms with van der Waals surface area (Å²) in [5.74, 6) is -0.0631. The molecular formula is C33H52N4O6SSi2. The smallest absolute Gasteiger partial charge is 0.351 e. The van der Waals surface area contributed by atoms with E-state index in [-0.39, 0.29) is 33.0 Å². The van der Waals surface area contributed by atoms with Gasteiger partial charge >= 0.3 is 5.69 Å². The molecular weight excluding hydrogens is 637 g/mol. The molecule has 1 aliphatic heterocycles. The Balaban J connectivity index is 1.59. The first-order valence-corrected chi connectivity index (χ1v) is 23.1. The third-order valence-corrected chi connectivity index (χ3v) is 20.3. The Labute approximate surface area is 276 Å². The van der Waals surface area contributed by atoms with Crippen molar-refractivity contribution in [3.8, 4) is 0 Å². The maximum absolute atomic E-state index is 13.6. The van der Waals surface area contributed by atoms with Crippen LogP contribution in [0.5, 0.6) is 0 Å². The molecule has 1 aliphatic rings. The zero-order valence-corrected chi connectivity index (χ0v) is 32.3. The molecule has 46 heavy (non-hydrogen) atoms. The third kappa shape index (κ3) is 7.60. The van der Waals surface area contributed by atoms with E-state index >= 15 is 0 Å². The highest BCUT2D eigenvalue weighted by molar-refractivity contribution is 7.93. The maximum atomic E-state index is 13.6. The van der Waals surface area contributed by atoms with Gasteiger partial charge in [-0.15, -0.1) is 0 Å². The molecule has 3 aromatic rings. The number of nitrogens with zero attached hydrogens (tertiary/aromatic N) is 3. The topological polar surface area (TPSA) is 112 Å². The van der Waals surface area contributed by atoms with Gasteiger partial charge in [-0.3, -0.25) is 9.29 Å². The molecule has 13 heteroatoms. The minimum Gasteiger partial charge on any atom is -0.414 e. The lowest BCUT2D eigenvalue weighted by Gasteiger charge is -2.40. The fourth-order valence-corrected chi connectivity index (χ4v) is 8.57. The van der Waals surface area contributed by atoms with Gasteiger partial charge in [-0.25, -0.2) is 13.2 Å². The number of aromatic nitrogens is 2. The number of nitrogens with one attached hydrogen (secondary N) is 1. The molecule has 10 nitrogen and oxygen atoms in total. The average Bonchev–Trinajstić information content (AvgIpc) is 3.31. The molecule has 0 saturated carbocycles. The summed E-state index contributed by atoms with van der Waals surface area (Å²) in [5, 5.41) is 1.41. The summed E-state index contributed by atoms with van der Waals surface area (Å²) in [4.78, 5) is 19.5. The Morgan fingerprint density at radius 3 is 2.15 bits per heavy atom. The van der Waals surface area contributed by atoms with Crippen molar-refractivity contribution in [1.29, 1.82) is 0 Å². The molecule has 1 aromatic heterocycles. The SMILES string of the molecule is CN(C)c1cccc2c(S(=O)(=O)Nc3ccn([C@H]4C[C@H](O[Si](C)(C)C(C)(C)C)[C@@H](CO[Si](C)(C)C(C)(C)C)O4)c(=O)n3)cccc12. The van der Waals surface area contributed by atoms with Crippen LogP contribution >= 0.6 is 0 Å². The number of anilines is 2. The third-order valence-electron chi connectivity index (χ3n) is 9.86. The number of sulfonamides is 1. The molecule has 0 aliphatic carbocycles. The summed E-state index contributed by atoms with van der Waals surface area (Å²) in [7, 11) is -4.47. The van der Waals surface area contributed by atoms with Gasteiger partial charge in [0.25, 0.3) is 10.0 Å². The van der Waals surface area contributed by atoms with Gasteiger partial charge in [0.2, 0.25) is 0 Å². The second kappa shape index (κ2) is 12.8. The van der Waals surface area contributed by atoms with Crippen molar-refractivity contribution in [3.63, 3.8) is 0 Å². The van der Waals surface area contributed by atoms with Crippen LogP contribution in [0.15, 0.2) is 58.4 Å². The predicted molar refractivity (Wildman–Crippen MR) is 191 cm³/mol. The summed E-state index contributed by atoms with van der Waals surface area (Å²) < 4.78 is 50.9. The molecule has 2 aromatic carbocycles. The molecule has 0 amide bonds. The average molecular weight is 689 g/mol. The number of hydrogen-bond acceptors (Lipinski definition) is 8. The van der Waals surface area contributed by atoms with E-state index in [9.17, 15) is 13.2 Å². The summed E-state index contributed by atoms with van der Waals surface area (Å²) in [6.45, 7) is 22.4. The van der Waals surface area contributed by atoms with Crippen molar-refractivity contribution < 1.29 is 22.0 Å². The van der Waals surface area contributed by atoms with Crippen LogP contribution in [0.3, 0.4) is 0 Å². The standard InChI is InChI=1S/C33H52N4O6SSi2/c1-32(2,3)45(9,10)41-22-27-26(43-46(11,12)33(4,5)6)21-30(42-27)37-20-19-29(34-31(37)38)35-44(39,40)28-18-14-15-23-24(28)16-13-17-25(23)36(7)8/h13-20,26-27,30H,21-22H2,1-12H3,(H,34,35,38)/t26-,27+,30+/m0/s1. The summed E-state index contributed by atoms with van der Waals surface area (Å²) in [6.07, 6.45) is 0.729. The fraction of sp³-hybridized carbons (Fsp3) is 0.576. The second-order valence-corrected chi connectivity index (χ2v) is 26.7. The van der Waals surface area contributed by atoms with E-state index in [0.29, 0.717) is 18.4 Å². The number of rotatable bonds is 10. The van der Waals surface area contributed by atoms with Crippen molar-refractivity contribution in [2.45, 2.75) is 108 Å². The number of hydrogen-bond donors (Lipinski definition) is 1. The van der Waals surface area contributed by atoms with Crippen LogP contribution in [-0.2, 0) is 23.6 Å².